The Morgan fingerprint density at radius 3 is 2.71 bits per heavy atom. The van der Waals surface area contributed by atoms with Crippen LogP contribution in [-0.2, 0) is 13.0 Å². The highest BCUT2D eigenvalue weighted by molar-refractivity contribution is 5.92. The average molecular weight is 281 g/mol. The lowest BCUT2D eigenvalue weighted by atomic mass is 10.2. The number of aromatic carboxylic acids is 1. The Morgan fingerprint density at radius 2 is 2.00 bits per heavy atom. The van der Waals surface area contributed by atoms with E-state index in [9.17, 15) is 4.79 Å². The van der Waals surface area contributed by atoms with Crippen LogP contribution in [0.15, 0.2) is 42.7 Å². The lowest BCUT2D eigenvalue weighted by Crippen LogP contribution is -2.04. The largest absolute Gasteiger partial charge is 0.478 e. The maximum Gasteiger partial charge on any atom is 0.335 e. The lowest BCUT2D eigenvalue weighted by Gasteiger charge is -2.07. The van der Waals surface area contributed by atoms with Gasteiger partial charge >= 0.3 is 5.97 Å². The van der Waals surface area contributed by atoms with E-state index >= 15 is 0 Å². The maximum atomic E-state index is 11.1. The van der Waals surface area contributed by atoms with Crippen molar-refractivity contribution >= 4 is 17.0 Å². The number of pyridine rings is 1. The zero-order valence-corrected chi connectivity index (χ0v) is 11.7. The van der Waals surface area contributed by atoms with Crippen LogP contribution < -0.4 is 0 Å². The average Bonchev–Trinajstić information content (AvgIpc) is 2.80. The normalized spacial score (nSPS) is 10.9. The highest BCUT2D eigenvalue weighted by atomic mass is 16.4. The van der Waals surface area contributed by atoms with Crippen LogP contribution in [0.4, 0.5) is 0 Å². The molecule has 0 unspecified atom stereocenters. The van der Waals surface area contributed by atoms with Crippen molar-refractivity contribution in [2.75, 3.05) is 0 Å². The molecule has 0 saturated carbocycles. The first-order chi connectivity index (χ1) is 10.1. The zero-order valence-electron chi connectivity index (χ0n) is 11.7. The number of hydrogen-bond donors (Lipinski definition) is 1. The van der Waals surface area contributed by atoms with Gasteiger partial charge in [0, 0.05) is 18.9 Å². The quantitative estimate of drug-likeness (QED) is 0.798. The summed E-state index contributed by atoms with van der Waals surface area (Å²) in [6.07, 6.45) is 4.40. The van der Waals surface area contributed by atoms with E-state index in [0.29, 0.717) is 0 Å². The molecule has 21 heavy (non-hydrogen) atoms. The van der Waals surface area contributed by atoms with Gasteiger partial charge in [-0.2, -0.15) is 0 Å². The lowest BCUT2D eigenvalue weighted by molar-refractivity contribution is 0.0697. The van der Waals surface area contributed by atoms with Crippen LogP contribution in [0.5, 0.6) is 0 Å². The summed E-state index contributed by atoms with van der Waals surface area (Å²) in [7, 11) is 0. The van der Waals surface area contributed by atoms with Gasteiger partial charge in [-0.3, -0.25) is 4.98 Å². The van der Waals surface area contributed by atoms with Crippen LogP contribution in [-0.4, -0.2) is 25.6 Å². The Kier molecular flexibility index (Phi) is 3.39. The fourth-order valence-electron chi connectivity index (χ4n) is 2.45. The second-order valence-corrected chi connectivity index (χ2v) is 4.92. The van der Waals surface area contributed by atoms with Crippen molar-refractivity contribution in [3.63, 3.8) is 0 Å². The Labute approximate surface area is 121 Å². The second kappa shape index (κ2) is 5.36. The number of imidazole rings is 1. The number of rotatable bonds is 4. The molecule has 106 valence electrons. The number of fused-ring (bicyclic) bond motifs is 1. The van der Waals surface area contributed by atoms with Crippen LogP contribution in [0.3, 0.4) is 0 Å². The van der Waals surface area contributed by atoms with E-state index in [1.165, 1.54) is 5.56 Å². The summed E-state index contributed by atoms with van der Waals surface area (Å²) in [5.41, 5.74) is 3.17. The molecule has 0 aliphatic carbocycles. The minimum atomic E-state index is -0.920. The van der Waals surface area contributed by atoms with Crippen molar-refractivity contribution in [2.45, 2.75) is 19.9 Å². The highest BCUT2D eigenvalue weighted by Gasteiger charge is 2.10. The first-order valence-corrected chi connectivity index (χ1v) is 6.74. The van der Waals surface area contributed by atoms with Gasteiger partial charge in [0.15, 0.2) is 0 Å². The van der Waals surface area contributed by atoms with Gasteiger partial charge in [-0.1, -0.05) is 0 Å². The highest BCUT2D eigenvalue weighted by Crippen LogP contribution is 2.18. The predicted molar refractivity (Wildman–Crippen MR) is 79.4 cm³/mol. The van der Waals surface area contributed by atoms with Crippen LogP contribution in [0.2, 0.25) is 0 Å². The minimum absolute atomic E-state index is 0.285. The Balaban J connectivity index is 1.95. The van der Waals surface area contributed by atoms with E-state index in [4.69, 9.17) is 5.11 Å². The third kappa shape index (κ3) is 2.63. The molecular weight excluding hydrogens is 266 g/mol. The molecule has 0 aliphatic heterocycles. The predicted octanol–water partition coefficient (Wildman–Crippen LogP) is 2.68. The van der Waals surface area contributed by atoms with Gasteiger partial charge < -0.3 is 9.67 Å². The molecular formula is C16H15N3O2. The monoisotopic (exact) mass is 281 g/mol. The van der Waals surface area contributed by atoms with E-state index in [2.05, 4.69) is 14.5 Å². The van der Waals surface area contributed by atoms with Gasteiger partial charge in [0.1, 0.15) is 5.82 Å². The smallest absolute Gasteiger partial charge is 0.335 e. The molecule has 2 aromatic heterocycles. The minimum Gasteiger partial charge on any atom is -0.478 e. The summed E-state index contributed by atoms with van der Waals surface area (Å²) in [5, 5.41) is 9.11. The van der Waals surface area contributed by atoms with Crippen LogP contribution >= 0.6 is 0 Å². The summed E-state index contributed by atoms with van der Waals surface area (Å²) >= 11 is 0. The zero-order chi connectivity index (χ0) is 14.8. The first-order valence-electron chi connectivity index (χ1n) is 6.74. The Bertz CT molecular complexity index is 794. The summed E-state index contributed by atoms with van der Waals surface area (Å²) in [6, 6.07) is 9.00. The molecule has 1 aromatic carbocycles. The molecule has 0 aliphatic rings. The molecule has 0 radical (unpaired) electrons. The standard InChI is InChI=1S/C16H15N3O2/c1-11-18-14-3-2-13(16(20)21)10-15(14)19(11)9-6-12-4-7-17-8-5-12/h2-5,7-8,10H,6,9H2,1H3,(H,20,21). The van der Waals surface area contributed by atoms with Gasteiger partial charge in [-0.25, -0.2) is 9.78 Å². The Hall–Kier alpha value is -2.69. The van der Waals surface area contributed by atoms with E-state index < -0.39 is 5.97 Å². The van der Waals surface area contributed by atoms with Crippen molar-refractivity contribution in [3.05, 3.63) is 59.7 Å². The topological polar surface area (TPSA) is 68.0 Å². The number of carboxylic acids is 1. The summed E-state index contributed by atoms with van der Waals surface area (Å²) < 4.78 is 2.06. The number of carboxylic acid groups (broad SMARTS) is 1. The molecule has 1 N–H and O–H groups in total. The fraction of sp³-hybridized carbons (Fsp3) is 0.188. The molecule has 5 nitrogen and oxygen atoms in total. The molecule has 0 fully saturated rings. The number of benzene rings is 1. The molecule has 5 heteroatoms. The molecule has 0 amide bonds. The van der Waals surface area contributed by atoms with Crippen molar-refractivity contribution in [2.24, 2.45) is 0 Å². The van der Waals surface area contributed by atoms with E-state index in [1.807, 2.05) is 19.1 Å². The van der Waals surface area contributed by atoms with E-state index in [0.717, 1.165) is 29.8 Å². The Morgan fingerprint density at radius 1 is 1.24 bits per heavy atom. The first kappa shape index (κ1) is 13.3. The second-order valence-electron chi connectivity index (χ2n) is 4.92. The third-order valence-electron chi connectivity index (χ3n) is 3.56. The number of nitrogens with zero attached hydrogens (tertiary/aromatic N) is 3. The number of carbonyl (C=O) groups is 1. The number of aromatic nitrogens is 3. The van der Waals surface area contributed by atoms with Crippen molar-refractivity contribution in [1.82, 2.24) is 14.5 Å². The molecule has 0 spiro atoms. The molecule has 0 saturated heterocycles. The number of aryl methyl sites for hydroxylation is 3. The van der Waals surface area contributed by atoms with Gasteiger partial charge in [-0.15, -0.1) is 0 Å². The summed E-state index contributed by atoms with van der Waals surface area (Å²) in [5.74, 6) is -0.0296. The van der Waals surface area contributed by atoms with Crippen molar-refractivity contribution in [3.8, 4) is 0 Å². The SMILES string of the molecule is Cc1nc2ccc(C(=O)O)cc2n1CCc1ccncc1. The summed E-state index contributed by atoms with van der Waals surface area (Å²) in [6.45, 7) is 2.70. The van der Waals surface area contributed by atoms with Crippen LogP contribution in [0.25, 0.3) is 11.0 Å². The van der Waals surface area contributed by atoms with Gasteiger partial charge in [0.05, 0.1) is 16.6 Å². The van der Waals surface area contributed by atoms with Crippen molar-refractivity contribution < 1.29 is 9.90 Å². The fourth-order valence-corrected chi connectivity index (χ4v) is 2.45. The van der Waals surface area contributed by atoms with Gasteiger partial charge in [0.25, 0.3) is 0 Å². The molecule has 3 aromatic rings. The van der Waals surface area contributed by atoms with Crippen LogP contribution in [0, 0.1) is 6.92 Å². The number of hydrogen-bond acceptors (Lipinski definition) is 3. The maximum absolute atomic E-state index is 11.1. The van der Waals surface area contributed by atoms with Gasteiger partial charge in [-0.05, 0) is 49.2 Å². The van der Waals surface area contributed by atoms with Crippen molar-refractivity contribution in [1.29, 1.82) is 0 Å². The van der Waals surface area contributed by atoms with Gasteiger partial charge in [0.2, 0.25) is 0 Å². The molecule has 2 heterocycles. The van der Waals surface area contributed by atoms with E-state index in [1.54, 1.807) is 30.6 Å². The molecule has 0 atom stereocenters. The third-order valence-corrected chi connectivity index (χ3v) is 3.56. The molecule has 0 bridgehead atoms. The van der Waals surface area contributed by atoms with E-state index in [-0.39, 0.29) is 5.56 Å². The summed E-state index contributed by atoms with van der Waals surface area (Å²) in [4.78, 5) is 19.6. The van der Waals surface area contributed by atoms with Crippen LogP contribution in [0.1, 0.15) is 21.7 Å². The molecule has 3 rings (SSSR count).